The van der Waals surface area contributed by atoms with Crippen LogP contribution in [0.25, 0.3) is 0 Å². The average molecular weight is 1130 g/mol. The monoisotopic (exact) mass is 1130 g/mol. The second-order valence-corrected chi connectivity index (χ2v) is 23.6. The number of aliphatic hydroxyl groups is 1. The van der Waals surface area contributed by atoms with E-state index in [4.69, 9.17) is 9.47 Å². The second-order valence-electron chi connectivity index (χ2n) is 23.6. The minimum Gasteiger partial charge on any atom is -0.462 e. The molecule has 0 bridgehead atoms. The normalized spacial score (nSPS) is 12.8. The Kier molecular flexibility index (Phi) is 68.3. The summed E-state index contributed by atoms with van der Waals surface area (Å²) < 4.78 is 10.7. The number of carbonyl (C=O) groups is 2. The number of hydrogen-bond donors (Lipinski definition) is 1. The lowest BCUT2D eigenvalue weighted by Crippen LogP contribution is -2.28. The summed E-state index contributed by atoms with van der Waals surface area (Å²) in [5.74, 6) is -0.598. The maximum Gasteiger partial charge on any atom is 0.306 e. The molecule has 0 rings (SSSR count). The number of rotatable bonds is 65. The molecule has 0 aliphatic heterocycles. The molecule has 0 heterocycles. The Hall–Kier alpha value is -3.18. The lowest BCUT2D eigenvalue weighted by atomic mass is 10.0. The van der Waals surface area contributed by atoms with Crippen LogP contribution in [0.5, 0.6) is 0 Å². The van der Waals surface area contributed by atoms with Crippen LogP contribution in [0.1, 0.15) is 354 Å². The molecule has 0 saturated carbocycles. The van der Waals surface area contributed by atoms with Crippen molar-refractivity contribution >= 4 is 11.9 Å². The van der Waals surface area contributed by atoms with Crippen molar-refractivity contribution in [3.05, 3.63) is 97.2 Å². The quantitative estimate of drug-likeness (QED) is 0.0373. The van der Waals surface area contributed by atoms with Crippen LogP contribution >= 0.6 is 0 Å². The van der Waals surface area contributed by atoms with Gasteiger partial charge in [0, 0.05) is 12.8 Å². The molecule has 81 heavy (non-hydrogen) atoms. The van der Waals surface area contributed by atoms with Crippen LogP contribution in [0.3, 0.4) is 0 Å². The first-order chi connectivity index (χ1) is 40.1. The number of unbranched alkanes of at least 4 members (excludes halogenated alkanes) is 41. The first-order valence-corrected chi connectivity index (χ1v) is 35.3. The molecule has 0 radical (unpaired) electrons. The van der Waals surface area contributed by atoms with Crippen LogP contribution in [0.2, 0.25) is 0 Å². The molecule has 1 unspecified atom stereocenters. The molecule has 0 aromatic rings. The van der Waals surface area contributed by atoms with Gasteiger partial charge in [0.1, 0.15) is 6.61 Å². The van der Waals surface area contributed by atoms with Gasteiger partial charge in [0.15, 0.2) is 6.10 Å². The van der Waals surface area contributed by atoms with Crippen molar-refractivity contribution in [1.82, 2.24) is 0 Å². The predicted octanol–water partition coefficient (Wildman–Crippen LogP) is 24.6. The van der Waals surface area contributed by atoms with Crippen molar-refractivity contribution < 1.29 is 24.2 Å². The van der Waals surface area contributed by atoms with Gasteiger partial charge in [0.2, 0.25) is 0 Å². The lowest BCUT2D eigenvalue weighted by molar-refractivity contribution is -0.161. The van der Waals surface area contributed by atoms with Gasteiger partial charge >= 0.3 is 11.9 Å². The molecule has 0 spiro atoms. The summed E-state index contributed by atoms with van der Waals surface area (Å²) in [6.07, 6.45) is 102. The van der Waals surface area contributed by atoms with Crippen molar-refractivity contribution in [3.8, 4) is 0 Å². The van der Waals surface area contributed by atoms with E-state index in [9.17, 15) is 14.7 Å². The smallest absolute Gasteiger partial charge is 0.306 e. The molecule has 0 aliphatic rings. The van der Waals surface area contributed by atoms with Crippen LogP contribution in [-0.4, -0.2) is 36.4 Å². The number of esters is 2. The second kappa shape index (κ2) is 71.1. The fourth-order valence-corrected chi connectivity index (χ4v) is 10.4. The Morgan fingerprint density at radius 2 is 0.531 bits per heavy atom. The standard InChI is InChI=1S/C76H134O5/c1-3-5-7-9-11-13-15-17-19-21-23-25-27-29-31-33-35-36-37-38-39-41-42-44-46-48-50-52-54-56-58-60-62-64-66-68-70-75(78)80-73-74(72-77)81-76(79)71-69-67-65-63-61-59-57-55-53-51-49-47-45-43-40-34-32-30-28-26-24-22-20-18-16-14-12-10-8-6-4-2/h6,8,12,14,18,20,24,26,30,32,40,43,47,49,53,55,74,77H,3-5,7,9-11,13,15-17,19,21-23,25,27-29,31,33-39,41-42,44-46,48,50-52,54,56-73H2,1-2H3/b8-6-,14-12-,20-18-,26-24-,32-30-,43-40-,49-47-,55-53-. The van der Waals surface area contributed by atoms with Gasteiger partial charge in [0.25, 0.3) is 0 Å². The number of allylic oxidation sites excluding steroid dienone is 16. The van der Waals surface area contributed by atoms with Crippen molar-refractivity contribution in [2.45, 2.75) is 360 Å². The summed E-state index contributed by atoms with van der Waals surface area (Å²) >= 11 is 0. The molecule has 0 aromatic heterocycles. The molecule has 5 nitrogen and oxygen atoms in total. The van der Waals surface area contributed by atoms with Gasteiger partial charge in [-0.05, 0) is 77.0 Å². The van der Waals surface area contributed by atoms with Crippen molar-refractivity contribution in [1.29, 1.82) is 0 Å². The SMILES string of the molecule is CC/C=C\C/C=C\C/C=C\C/C=C\C/C=C\C/C=C\C/C=C\C/C=C\CCCCCCCCC(=O)OC(CO)COC(=O)CCCCCCCCCCCCCCCCCCCCCCCCCCCCCCCCCCCCCC. The maximum atomic E-state index is 12.4. The Bertz CT molecular complexity index is 1510. The molecule has 5 heteroatoms. The van der Waals surface area contributed by atoms with E-state index in [1.54, 1.807) is 0 Å². The zero-order chi connectivity index (χ0) is 58.4. The van der Waals surface area contributed by atoms with E-state index < -0.39 is 6.10 Å². The molecule has 0 saturated heterocycles. The van der Waals surface area contributed by atoms with Crippen molar-refractivity contribution in [3.63, 3.8) is 0 Å². The average Bonchev–Trinajstić information content (AvgIpc) is 3.47. The van der Waals surface area contributed by atoms with Gasteiger partial charge in [0.05, 0.1) is 6.61 Å². The minimum atomic E-state index is -0.787. The number of hydrogen-bond acceptors (Lipinski definition) is 5. The number of carbonyl (C=O) groups excluding carboxylic acids is 2. The number of aliphatic hydroxyl groups excluding tert-OH is 1. The molecule has 468 valence electrons. The van der Waals surface area contributed by atoms with Crippen LogP contribution in [-0.2, 0) is 19.1 Å². The van der Waals surface area contributed by atoms with E-state index >= 15 is 0 Å². The van der Waals surface area contributed by atoms with E-state index in [-0.39, 0.29) is 25.2 Å². The minimum absolute atomic E-state index is 0.0736. The highest BCUT2D eigenvalue weighted by Crippen LogP contribution is 2.18. The van der Waals surface area contributed by atoms with Crippen LogP contribution in [0.15, 0.2) is 97.2 Å². The largest absolute Gasteiger partial charge is 0.462 e. The fourth-order valence-electron chi connectivity index (χ4n) is 10.4. The Labute approximate surface area is 504 Å². The molecule has 1 N–H and O–H groups in total. The molecular formula is C76H134O5. The van der Waals surface area contributed by atoms with Gasteiger partial charge < -0.3 is 14.6 Å². The Morgan fingerprint density at radius 3 is 0.802 bits per heavy atom. The van der Waals surface area contributed by atoms with Crippen LogP contribution in [0, 0.1) is 0 Å². The van der Waals surface area contributed by atoms with Gasteiger partial charge in [-0.2, -0.15) is 0 Å². The van der Waals surface area contributed by atoms with Crippen LogP contribution < -0.4 is 0 Å². The van der Waals surface area contributed by atoms with Gasteiger partial charge in [-0.15, -0.1) is 0 Å². The highest BCUT2D eigenvalue weighted by atomic mass is 16.6. The Balaban J connectivity index is 3.47. The highest BCUT2D eigenvalue weighted by molar-refractivity contribution is 5.70. The summed E-state index contributed by atoms with van der Waals surface area (Å²) in [5.41, 5.74) is 0. The van der Waals surface area contributed by atoms with E-state index in [1.165, 1.54) is 231 Å². The zero-order valence-electron chi connectivity index (χ0n) is 53.8. The Morgan fingerprint density at radius 1 is 0.296 bits per heavy atom. The summed E-state index contributed by atoms with van der Waals surface area (Å²) in [5, 5.41) is 9.70. The third-order valence-corrected chi connectivity index (χ3v) is 15.6. The fraction of sp³-hybridized carbons (Fsp3) is 0.763. The predicted molar refractivity (Wildman–Crippen MR) is 357 cm³/mol. The molecule has 0 aromatic carbocycles. The van der Waals surface area contributed by atoms with E-state index in [0.29, 0.717) is 12.8 Å². The summed E-state index contributed by atoms with van der Waals surface area (Å²) in [6.45, 7) is 4.05. The van der Waals surface area contributed by atoms with Crippen LogP contribution in [0.4, 0.5) is 0 Å². The van der Waals surface area contributed by atoms with Gasteiger partial charge in [-0.25, -0.2) is 0 Å². The molecular weight excluding hydrogens is 993 g/mol. The summed E-state index contributed by atoms with van der Waals surface area (Å²) in [6, 6.07) is 0. The molecule has 0 aliphatic carbocycles. The first kappa shape index (κ1) is 77.8. The highest BCUT2D eigenvalue weighted by Gasteiger charge is 2.16. The van der Waals surface area contributed by atoms with Gasteiger partial charge in [-0.3, -0.25) is 9.59 Å². The third kappa shape index (κ3) is 69.2. The molecule has 0 fully saturated rings. The maximum absolute atomic E-state index is 12.4. The third-order valence-electron chi connectivity index (χ3n) is 15.6. The lowest BCUT2D eigenvalue weighted by Gasteiger charge is -2.15. The van der Waals surface area contributed by atoms with Crippen molar-refractivity contribution in [2.75, 3.05) is 13.2 Å². The topological polar surface area (TPSA) is 72.8 Å². The summed E-state index contributed by atoms with van der Waals surface area (Å²) in [7, 11) is 0. The zero-order valence-corrected chi connectivity index (χ0v) is 53.8. The van der Waals surface area contributed by atoms with Crippen molar-refractivity contribution in [2.24, 2.45) is 0 Å². The van der Waals surface area contributed by atoms with E-state index in [2.05, 4.69) is 111 Å². The molecule has 1 atom stereocenters. The van der Waals surface area contributed by atoms with E-state index in [0.717, 1.165) is 96.3 Å². The summed E-state index contributed by atoms with van der Waals surface area (Å²) in [4.78, 5) is 24.6. The van der Waals surface area contributed by atoms with E-state index in [1.807, 2.05) is 0 Å². The molecule has 0 amide bonds. The van der Waals surface area contributed by atoms with Gasteiger partial charge in [-0.1, -0.05) is 361 Å². The first-order valence-electron chi connectivity index (χ1n) is 35.3. The number of ether oxygens (including phenoxy) is 2.